The van der Waals surface area contributed by atoms with Gasteiger partial charge in [-0.3, -0.25) is 9.69 Å². The molecule has 3 N–H and O–H groups in total. The highest BCUT2D eigenvalue weighted by Crippen LogP contribution is 2.40. The van der Waals surface area contributed by atoms with Crippen LogP contribution >= 0.6 is 0 Å². The molecular formula is C26H35N3O2. The van der Waals surface area contributed by atoms with Crippen molar-refractivity contribution in [3.05, 3.63) is 71.8 Å². The molecule has 1 amide bonds. The van der Waals surface area contributed by atoms with Gasteiger partial charge in [-0.15, -0.1) is 0 Å². The average Bonchev–Trinajstić information content (AvgIpc) is 3.35. The monoisotopic (exact) mass is 421 g/mol. The maximum atomic E-state index is 14.2. The Hall–Kier alpha value is -2.21. The number of benzene rings is 2. The van der Waals surface area contributed by atoms with Gasteiger partial charge in [-0.2, -0.15) is 0 Å². The van der Waals surface area contributed by atoms with Gasteiger partial charge in [0.2, 0.25) is 5.91 Å². The van der Waals surface area contributed by atoms with Crippen molar-refractivity contribution in [2.24, 2.45) is 5.73 Å². The Bertz CT molecular complexity index is 812. The van der Waals surface area contributed by atoms with Gasteiger partial charge < -0.3 is 15.7 Å². The number of β-amino-alcohol motifs (C(OH)–C–C–N with tert-alkyl or cyclic N) is 1. The zero-order chi connectivity index (χ0) is 21.8. The van der Waals surface area contributed by atoms with Gasteiger partial charge in [-0.25, -0.2) is 0 Å². The number of hydrogen-bond donors (Lipinski definition) is 2. The fourth-order valence-corrected chi connectivity index (χ4v) is 5.32. The largest absolute Gasteiger partial charge is 0.390 e. The summed E-state index contributed by atoms with van der Waals surface area (Å²) >= 11 is 0. The van der Waals surface area contributed by atoms with Crippen molar-refractivity contribution in [1.82, 2.24) is 9.80 Å². The summed E-state index contributed by atoms with van der Waals surface area (Å²) in [5.41, 5.74) is 7.37. The van der Waals surface area contributed by atoms with E-state index in [4.69, 9.17) is 5.73 Å². The number of hydrogen-bond acceptors (Lipinski definition) is 4. The molecule has 0 bridgehead atoms. The Morgan fingerprint density at radius 1 is 1.03 bits per heavy atom. The lowest BCUT2D eigenvalue weighted by molar-refractivity contribution is -0.135. The third-order valence-corrected chi connectivity index (χ3v) is 7.18. The summed E-state index contributed by atoms with van der Waals surface area (Å²) in [6, 6.07) is 20.4. The molecule has 0 spiro atoms. The minimum atomic E-state index is -0.753. The number of nitrogens with two attached hydrogens (primary N) is 1. The van der Waals surface area contributed by atoms with Crippen LogP contribution in [0.25, 0.3) is 0 Å². The molecule has 2 aromatic carbocycles. The molecule has 2 aliphatic heterocycles. The molecule has 0 aromatic heterocycles. The molecule has 0 saturated carbocycles. The lowest BCUT2D eigenvalue weighted by Gasteiger charge is -2.43. The second-order valence-electron chi connectivity index (χ2n) is 9.20. The predicted octanol–water partition coefficient (Wildman–Crippen LogP) is 2.77. The maximum Gasteiger partial charge on any atom is 0.237 e. The van der Waals surface area contributed by atoms with Crippen molar-refractivity contribution in [2.75, 3.05) is 26.2 Å². The van der Waals surface area contributed by atoms with E-state index in [1.54, 1.807) is 0 Å². The third kappa shape index (κ3) is 4.40. The third-order valence-electron chi connectivity index (χ3n) is 7.18. The lowest BCUT2D eigenvalue weighted by Crippen LogP contribution is -2.55. The van der Waals surface area contributed by atoms with Gasteiger partial charge in [0.05, 0.1) is 6.10 Å². The molecule has 2 fully saturated rings. The maximum absolute atomic E-state index is 14.2. The van der Waals surface area contributed by atoms with Crippen LogP contribution in [0, 0.1) is 0 Å². The second kappa shape index (κ2) is 9.51. The van der Waals surface area contributed by atoms with E-state index in [0.717, 1.165) is 50.0 Å². The Balaban J connectivity index is 1.76. The number of carbonyl (C=O) groups is 1. The SMILES string of the molecule is CC(CC(C(=O)N1CCCC1)(c1ccccc1)c1ccccc1)N1CCC(N)C(O)C1. The van der Waals surface area contributed by atoms with E-state index in [2.05, 4.69) is 36.1 Å². The number of aliphatic hydroxyl groups is 1. The quantitative estimate of drug-likeness (QED) is 0.753. The minimum absolute atomic E-state index is 0.120. The van der Waals surface area contributed by atoms with E-state index in [1.165, 1.54) is 0 Å². The molecule has 4 rings (SSSR count). The van der Waals surface area contributed by atoms with Gasteiger partial charge in [0.15, 0.2) is 0 Å². The summed E-state index contributed by atoms with van der Waals surface area (Å²) in [5.74, 6) is 0.198. The van der Waals surface area contributed by atoms with E-state index in [-0.39, 0.29) is 18.0 Å². The Kier molecular flexibility index (Phi) is 6.75. The van der Waals surface area contributed by atoms with Crippen molar-refractivity contribution in [3.63, 3.8) is 0 Å². The topological polar surface area (TPSA) is 69.8 Å². The van der Waals surface area contributed by atoms with Crippen LogP contribution < -0.4 is 5.73 Å². The van der Waals surface area contributed by atoms with Gasteiger partial charge in [0, 0.05) is 38.3 Å². The summed E-state index contributed by atoms with van der Waals surface area (Å²) in [6.07, 6.45) is 3.05. The predicted molar refractivity (Wildman–Crippen MR) is 124 cm³/mol. The van der Waals surface area contributed by atoms with Crippen LogP contribution in [0.2, 0.25) is 0 Å². The number of rotatable bonds is 6. The molecular weight excluding hydrogens is 386 g/mol. The van der Waals surface area contributed by atoms with Crippen molar-refractivity contribution >= 4 is 5.91 Å². The highest BCUT2D eigenvalue weighted by atomic mass is 16.3. The van der Waals surface area contributed by atoms with E-state index < -0.39 is 11.5 Å². The molecule has 3 unspecified atom stereocenters. The number of nitrogens with zero attached hydrogens (tertiary/aromatic N) is 2. The molecule has 0 radical (unpaired) electrons. The average molecular weight is 422 g/mol. The summed E-state index contributed by atoms with van der Waals surface area (Å²) in [4.78, 5) is 18.6. The van der Waals surface area contributed by atoms with Crippen LogP contribution in [0.15, 0.2) is 60.7 Å². The normalized spacial score (nSPS) is 23.6. The van der Waals surface area contributed by atoms with Gasteiger partial charge in [-0.05, 0) is 43.7 Å². The molecule has 0 aliphatic carbocycles. The van der Waals surface area contributed by atoms with Crippen LogP contribution in [-0.2, 0) is 10.2 Å². The number of piperidine rings is 1. The van der Waals surface area contributed by atoms with E-state index in [0.29, 0.717) is 13.0 Å². The van der Waals surface area contributed by atoms with Crippen molar-refractivity contribution in [3.8, 4) is 0 Å². The minimum Gasteiger partial charge on any atom is -0.390 e. The molecule has 2 aromatic rings. The molecule has 5 heteroatoms. The van der Waals surface area contributed by atoms with E-state index in [1.807, 2.05) is 41.3 Å². The van der Waals surface area contributed by atoms with Crippen molar-refractivity contribution < 1.29 is 9.90 Å². The zero-order valence-electron chi connectivity index (χ0n) is 18.5. The highest BCUT2D eigenvalue weighted by molar-refractivity contribution is 5.92. The first-order valence-electron chi connectivity index (χ1n) is 11.6. The summed E-state index contributed by atoms with van der Waals surface area (Å²) in [5, 5.41) is 10.4. The molecule has 2 saturated heterocycles. The second-order valence-corrected chi connectivity index (χ2v) is 9.20. The fourth-order valence-electron chi connectivity index (χ4n) is 5.32. The van der Waals surface area contributed by atoms with E-state index >= 15 is 0 Å². The molecule has 31 heavy (non-hydrogen) atoms. The molecule has 166 valence electrons. The van der Waals surface area contributed by atoms with Gasteiger partial charge >= 0.3 is 0 Å². The Morgan fingerprint density at radius 3 is 2.10 bits per heavy atom. The van der Waals surface area contributed by atoms with Crippen LogP contribution in [0.1, 0.15) is 43.7 Å². The summed E-state index contributed by atoms with van der Waals surface area (Å²) in [7, 11) is 0. The van der Waals surface area contributed by atoms with Crippen LogP contribution in [0.3, 0.4) is 0 Å². The van der Waals surface area contributed by atoms with Crippen LogP contribution in [0.5, 0.6) is 0 Å². The van der Waals surface area contributed by atoms with Gasteiger partial charge in [0.25, 0.3) is 0 Å². The standard InChI is InChI=1S/C26H35N3O2/c1-20(29-17-14-23(27)24(30)19-29)18-26(21-10-4-2-5-11-21,22-12-6-3-7-13-22)25(31)28-15-8-9-16-28/h2-7,10-13,20,23-24,30H,8-9,14-19,27H2,1H3. The molecule has 2 heterocycles. The fraction of sp³-hybridized carbons (Fsp3) is 0.500. The number of likely N-dealkylation sites (tertiary alicyclic amines) is 2. The summed E-state index contributed by atoms with van der Waals surface area (Å²) < 4.78 is 0. The van der Waals surface area contributed by atoms with Crippen LogP contribution in [0.4, 0.5) is 0 Å². The van der Waals surface area contributed by atoms with Crippen molar-refractivity contribution in [2.45, 2.75) is 56.2 Å². The molecule has 2 aliphatic rings. The summed E-state index contributed by atoms with van der Waals surface area (Å²) in [6.45, 7) is 5.23. The highest BCUT2D eigenvalue weighted by Gasteiger charge is 2.46. The smallest absolute Gasteiger partial charge is 0.237 e. The Morgan fingerprint density at radius 2 is 1.58 bits per heavy atom. The first-order chi connectivity index (χ1) is 15.0. The van der Waals surface area contributed by atoms with Crippen LogP contribution in [-0.4, -0.2) is 65.2 Å². The number of amides is 1. The zero-order valence-corrected chi connectivity index (χ0v) is 18.5. The van der Waals surface area contributed by atoms with Gasteiger partial charge in [-0.1, -0.05) is 60.7 Å². The molecule has 5 nitrogen and oxygen atoms in total. The first-order valence-corrected chi connectivity index (χ1v) is 11.6. The van der Waals surface area contributed by atoms with Crippen molar-refractivity contribution in [1.29, 1.82) is 0 Å². The molecule has 3 atom stereocenters. The number of aliphatic hydroxyl groups excluding tert-OH is 1. The van der Waals surface area contributed by atoms with E-state index in [9.17, 15) is 9.90 Å². The Labute approximate surface area is 185 Å². The number of carbonyl (C=O) groups excluding carboxylic acids is 1. The van der Waals surface area contributed by atoms with Gasteiger partial charge in [0.1, 0.15) is 5.41 Å². The lowest BCUT2D eigenvalue weighted by atomic mass is 9.69. The first kappa shape index (κ1) is 22.0.